The number of aromatic amines is 1. The predicted molar refractivity (Wildman–Crippen MR) is 116 cm³/mol. The first kappa shape index (κ1) is 18.2. The van der Waals surface area contributed by atoms with Crippen molar-refractivity contribution in [2.75, 3.05) is 16.4 Å². The van der Waals surface area contributed by atoms with E-state index in [1.807, 2.05) is 36.4 Å². The zero-order chi connectivity index (χ0) is 20.0. The van der Waals surface area contributed by atoms with Crippen molar-refractivity contribution in [1.82, 2.24) is 10.2 Å². The average Bonchev–Trinajstić information content (AvgIpc) is 3.01. The molecule has 144 valence electrons. The highest BCUT2D eigenvalue weighted by Gasteiger charge is 2.41. The second-order valence-electron chi connectivity index (χ2n) is 6.69. The number of H-pyrrole nitrogens is 1. The summed E-state index contributed by atoms with van der Waals surface area (Å²) in [5.74, 6) is 1.18. The van der Waals surface area contributed by atoms with Crippen molar-refractivity contribution in [2.45, 2.75) is 6.42 Å². The Morgan fingerprint density at radius 1 is 0.897 bits per heavy atom. The number of nitrogens with one attached hydrogen (secondary N) is 1. The SMILES string of the molecule is O=C1C2=C(SCCS2)C(=O)N1c1cccc(Cc2n[nH]c(=O)c3ccccc23)c1. The number of carbonyl (C=O) groups excluding carboxylic acids is 2. The largest absolute Gasteiger partial charge is 0.273 e. The van der Waals surface area contributed by atoms with E-state index < -0.39 is 0 Å². The number of fused-ring (bicyclic) bond motifs is 1. The fourth-order valence-corrected chi connectivity index (χ4v) is 5.87. The second kappa shape index (κ2) is 7.20. The first-order valence-corrected chi connectivity index (χ1v) is 11.0. The number of amides is 2. The van der Waals surface area contributed by atoms with E-state index in [2.05, 4.69) is 10.2 Å². The molecule has 2 amide bonds. The molecule has 0 radical (unpaired) electrons. The molecule has 3 aromatic rings. The fraction of sp³-hybridized carbons (Fsp3) is 0.143. The molecule has 0 spiro atoms. The minimum Gasteiger partial charge on any atom is -0.268 e. The van der Waals surface area contributed by atoms with Gasteiger partial charge in [0.05, 0.1) is 26.6 Å². The van der Waals surface area contributed by atoms with Gasteiger partial charge in [-0.2, -0.15) is 5.10 Å². The summed E-state index contributed by atoms with van der Waals surface area (Å²) in [6.07, 6.45) is 0.470. The lowest BCUT2D eigenvalue weighted by molar-refractivity contribution is -0.120. The highest BCUT2D eigenvalue weighted by molar-refractivity contribution is 8.11. The maximum absolute atomic E-state index is 12.8. The summed E-state index contributed by atoms with van der Waals surface area (Å²) in [6.45, 7) is 0. The summed E-state index contributed by atoms with van der Waals surface area (Å²) < 4.78 is 0. The first-order valence-electron chi connectivity index (χ1n) is 9.07. The van der Waals surface area contributed by atoms with Crippen molar-refractivity contribution in [3.63, 3.8) is 0 Å². The topological polar surface area (TPSA) is 83.1 Å². The molecule has 5 rings (SSSR count). The zero-order valence-electron chi connectivity index (χ0n) is 15.2. The highest BCUT2D eigenvalue weighted by atomic mass is 32.2. The van der Waals surface area contributed by atoms with E-state index in [1.165, 1.54) is 28.4 Å². The Morgan fingerprint density at radius 2 is 1.59 bits per heavy atom. The van der Waals surface area contributed by atoms with Crippen molar-refractivity contribution >= 4 is 51.8 Å². The van der Waals surface area contributed by atoms with E-state index >= 15 is 0 Å². The number of anilines is 1. The maximum atomic E-state index is 12.8. The van der Waals surface area contributed by atoms with Gasteiger partial charge in [0.2, 0.25) is 0 Å². The van der Waals surface area contributed by atoms with Crippen LogP contribution in [0.25, 0.3) is 10.8 Å². The van der Waals surface area contributed by atoms with Gasteiger partial charge in [-0.25, -0.2) is 10.00 Å². The summed E-state index contributed by atoms with van der Waals surface area (Å²) in [5.41, 5.74) is 1.97. The number of thioether (sulfide) groups is 2. The summed E-state index contributed by atoms with van der Waals surface area (Å²) in [5, 5.41) is 8.14. The van der Waals surface area contributed by atoms with E-state index in [4.69, 9.17) is 0 Å². The Morgan fingerprint density at radius 3 is 2.31 bits per heavy atom. The molecule has 0 fully saturated rings. The quantitative estimate of drug-likeness (QED) is 0.655. The number of aromatic nitrogens is 2. The number of rotatable bonds is 3. The van der Waals surface area contributed by atoms with Crippen LogP contribution < -0.4 is 10.5 Å². The lowest BCUT2D eigenvalue weighted by Crippen LogP contribution is -2.31. The number of hydrogen-bond acceptors (Lipinski definition) is 6. The molecule has 0 saturated carbocycles. The van der Waals surface area contributed by atoms with Gasteiger partial charge >= 0.3 is 0 Å². The lowest BCUT2D eigenvalue weighted by atomic mass is 10.0. The first-order chi connectivity index (χ1) is 14.1. The maximum Gasteiger partial charge on any atom is 0.273 e. The van der Waals surface area contributed by atoms with Gasteiger partial charge in [-0.3, -0.25) is 14.4 Å². The normalized spacial score (nSPS) is 16.6. The Bertz CT molecular complexity index is 1240. The minimum atomic E-state index is -0.244. The molecule has 29 heavy (non-hydrogen) atoms. The summed E-state index contributed by atoms with van der Waals surface area (Å²) in [4.78, 5) is 40.0. The van der Waals surface area contributed by atoms with Gasteiger partial charge in [0.15, 0.2) is 0 Å². The van der Waals surface area contributed by atoms with Crippen LogP contribution in [0.15, 0.2) is 63.1 Å². The van der Waals surface area contributed by atoms with Crippen LogP contribution in [0.4, 0.5) is 5.69 Å². The van der Waals surface area contributed by atoms with Crippen molar-refractivity contribution in [2.24, 2.45) is 0 Å². The molecule has 8 heteroatoms. The molecular weight excluding hydrogens is 406 g/mol. The van der Waals surface area contributed by atoms with Gasteiger partial charge in [0, 0.05) is 23.3 Å². The van der Waals surface area contributed by atoms with E-state index in [9.17, 15) is 14.4 Å². The summed E-state index contributed by atoms with van der Waals surface area (Å²) in [6, 6.07) is 14.7. The van der Waals surface area contributed by atoms with Crippen LogP contribution in [-0.4, -0.2) is 33.5 Å². The number of carbonyl (C=O) groups is 2. The summed E-state index contributed by atoms with van der Waals surface area (Å²) >= 11 is 2.91. The second-order valence-corrected chi connectivity index (χ2v) is 8.90. The monoisotopic (exact) mass is 421 g/mol. The van der Waals surface area contributed by atoms with Crippen LogP contribution >= 0.6 is 23.5 Å². The third-order valence-corrected chi connectivity index (χ3v) is 7.43. The molecule has 2 aliphatic rings. The van der Waals surface area contributed by atoms with Gasteiger partial charge in [0.25, 0.3) is 17.4 Å². The molecule has 2 aliphatic heterocycles. The molecule has 0 unspecified atom stereocenters. The standard InChI is InChI=1S/C21H15N3O3S2/c25-19-15-7-2-1-6-14(15)16(22-23-19)11-12-4-3-5-13(10-12)24-20(26)17-18(21(24)27)29-9-8-28-17/h1-7,10H,8-9,11H2,(H,23,25). The predicted octanol–water partition coefficient (Wildman–Crippen LogP) is 3.08. The van der Waals surface area contributed by atoms with Crippen LogP contribution in [-0.2, 0) is 16.0 Å². The van der Waals surface area contributed by atoms with Crippen LogP contribution in [0.1, 0.15) is 11.3 Å². The fourth-order valence-electron chi connectivity index (χ4n) is 3.57. The Hall–Kier alpha value is -2.84. The molecule has 1 aromatic heterocycles. The van der Waals surface area contributed by atoms with Gasteiger partial charge in [-0.05, 0) is 23.8 Å². The Balaban J connectivity index is 1.49. The molecular formula is C21H15N3O3S2. The van der Waals surface area contributed by atoms with Crippen molar-refractivity contribution in [3.05, 3.63) is 80.0 Å². The molecule has 1 N–H and O–H groups in total. The minimum absolute atomic E-state index is 0.224. The van der Waals surface area contributed by atoms with E-state index in [-0.39, 0.29) is 17.4 Å². The number of nitrogens with zero attached hydrogens (tertiary/aromatic N) is 2. The van der Waals surface area contributed by atoms with E-state index in [0.29, 0.717) is 27.3 Å². The van der Waals surface area contributed by atoms with Crippen molar-refractivity contribution < 1.29 is 9.59 Å². The average molecular weight is 422 g/mol. The van der Waals surface area contributed by atoms with Crippen molar-refractivity contribution in [3.8, 4) is 0 Å². The Labute approximate surface area is 174 Å². The Kier molecular flexibility index (Phi) is 4.52. The lowest BCUT2D eigenvalue weighted by Gasteiger charge is -2.16. The number of benzene rings is 2. The zero-order valence-corrected chi connectivity index (χ0v) is 16.8. The highest BCUT2D eigenvalue weighted by Crippen LogP contribution is 2.42. The van der Waals surface area contributed by atoms with Gasteiger partial charge in [-0.1, -0.05) is 30.3 Å². The van der Waals surface area contributed by atoms with Crippen LogP contribution in [0.2, 0.25) is 0 Å². The molecule has 2 aromatic carbocycles. The third kappa shape index (κ3) is 3.08. The molecule has 3 heterocycles. The molecule has 0 atom stereocenters. The molecule has 0 aliphatic carbocycles. The van der Waals surface area contributed by atoms with Gasteiger partial charge in [0.1, 0.15) is 0 Å². The summed E-state index contributed by atoms with van der Waals surface area (Å²) in [7, 11) is 0. The van der Waals surface area contributed by atoms with Crippen LogP contribution in [0.5, 0.6) is 0 Å². The molecule has 0 bridgehead atoms. The van der Waals surface area contributed by atoms with Crippen molar-refractivity contribution in [1.29, 1.82) is 0 Å². The smallest absolute Gasteiger partial charge is 0.268 e. The van der Waals surface area contributed by atoms with Crippen LogP contribution in [0.3, 0.4) is 0 Å². The molecule has 6 nitrogen and oxygen atoms in total. The van der Waals surface area contributed by atoms with E-state index in [0.717, 1.165) is 28.1 Å². The molecule has 0 saturated heterocycles. The van der Waals surface area contributed by atoms with E-state index in [1.54, 1.807) is 12.1 Å². The third-order valence-electron chi connectivity index (χ3n) is 4.89. The van der Waals surface area contributed by atoms with Gasteiger partial charge < -0.3 is 0 Å². The number of hydrogen-bond donors (Lipinski definition) is 1. The number of imide groups is 1. The van der Waals surface area contributed by atoms with Gasteiger partial charge in [-0.15, -0.1) is 23.5 Å². The van der Waals surface area contributed by atoms with Crippen LogP contribution in [0, 0.1) is 0 Å².